The van der Waals surface area contributed by atoms with Crippen molar-refractivity contribution in [1.82, 2.24) is 9.97 Å². The van der Waals surface area contributed by atoms with Gasteiger partial charge in [-0.1, -0.05) is 41.7 Å². The van der Waals surface area contributed by atoms with Crippen LogP contribution in [-0.2, 0) is 10.0 Å². The Kier molecular flexibility index (Phi) is 5.12. The van der Waals surface area contributed by atoms with Crippen LogP contribution in [0.4, 0.5) is 5.13 Å². The molecule has 3 aromatic carbocycles. The Balaban J connectivity index is 1.37. The Labute approximate surface area is 188 Å². The van der Waals surface area contributed by atoms with Crippen LogP contribution in [0.1, 0.15) is 0 Å². The van der Waals surface area contributed by atoms with Crippen LogP contribution in [0.15, 0.2) is 88.3 Å². The van der Waals surface area contributed by atoms with Gasteiger partial charge in [-0.25, -0.2) is 18.4 Å². The molecule has 0 atom stereocenters. The Morgan fingerprint density at radius 3 is 2.50 bits per heavy atom. The normalized spacial score (nSPS) is 11.5. The lowest BCUT2D eigenvalue weighted by Crippen LogP contribution is -2.12. The molecule has 7 nitrogen and oxygen atoms in total. The van der Waals surface area contributed by atoms with Crippen LogP contribution in [0.25, 0.3) is 33.0 Å². The van der Waals surface area contributed by atoms with Gasteiger partial charge in [-0.05, 0) is 42.5 Å². The second-order valence-electron chi connectivity index (χ2n) is 6.88. The first kappa shape index (κ1) is 20.2. The van der Waals surface area contributed by atoms with E-state index in [2.05, 4.69) is 14.7 Å². The molecule has 0 fully saturated rings. The predicted molar refractivity (Wildman–Crippen MR) is 124 cm³/mol. The second-order valence-corrected chi connectivity index (χ2v) is 9.59. The van der Waals surface area contributed by atoms with Gasteiger partial charge >= 0.3 is 0 Å². The molecule has 32 heavy (non-hydrogen) atoms. The number of ether oxygens (including phenoxy) is 1. The Hall–Kier alpha value is -3.69. The van der Waals surface area contributed by atoms with Crippen LogP contribution in [0.5, 0.6) is 5.75 Å². The summed E-state index contributed by atoms with van der Waals surface area (Å²) in [6.07, 6.45) is 1.65. The summed E-state index contributed by atoms with van der Waals surface area (Å²) in [5.41, 5.74) is 2.29. The van der Waals surface area contributed by atoms with Gasteiger partial charge in [-0.2, -0.15) is 0 Å². The molecule has 0 aliphatic heterocycles. The predicted octanol–water partition coefficient (Wildman–Crippen LogP) is 5.43. The molecule has 5 aromatic rings. The zero-order chi connectivity index (χ0) is 22.1. The number of nitrogens with zero attached hydrogens (tertiary/aromatic N) is 2. The van der Waals surface area contributed by atoms with Gasteiger partial charge in [0.05, 0.1) is 28.4 Å². The Morgan fingerprint density at radius 2 is 1.75 bits per heavy atom. The number of sulfonamides is 1. The summed E-state index contributed by atoms with van der Waals surface area (Å²) in [7, 11) is -2.22. The smallest absolute Gasteiger partial charge is 0.263 e. The van der Waals surface area contributed by atoms with Crippen molar-refractivity contribution in [1.29, 1.82) is 0 Å². The van der Waals surface area contributed by atoms with Gasteiger partial charge in [0.25, 0.3) is 10.0 Å². The fourth-order valence-electron chi connectivity index (χ4n) is 3.17. The number of rotatable bonds is 6. The average molecular weight is 464 g/mol. The maximum Gasteiger partial charge on any atom is 0.263 e. The van der Waals surface area contributed by atoms with Crippen molar-refractivity contribution >= 4 is 36.7 Å². The molecule has 0 radical (unpaired) electrons. The first-order valence-electron chi connectivity index (χ1n) is 9.61. The number of methoxy groups -OCH3 is 1. The molecule has 0 saturated carbocycles. The molecule has 0 amide bonds. The van der Waals surface area contributed by atoms with E-state index < -0.39 is 10.0 Å². The van der Waals surface area contributed by atoms with Crippen LogP contribution in [-0.4, -0.2) is 25.5 Å². The van der Waals surface area contributed by atoms with Crippen molar-refractivity contribution in [2.45, 2.75) is 4.90 Å². The molecule has 160 valence electrons. The van der Waals surface area contributed by atoms with E-state index in [4.69, 9.17) is 9.15 Å². The average Bonchev–Trinajstić information content (AvgIpc) is 3.46. The molecule has 0 saturated heterocycles. The van der Waals surface area contributed by atoms with Crippen molar-refractivity contribution in [2.24, 2.45) is 0 Å². The molecule has 2 heterocycles. The molecule has 2 aromatic heterocycles. The largest absolute Gasteiger partial charge is 0.497 e. The zero-order valence-electron chi connectivity index (χ0n) is 16.8. The van der Waals surface area contributed by atoms with Gasteiger partial charge in [0.2, 0.25) is 5.89 Å². The van der Waals surface area contributed by atoms with Gasteiger partial charge < -0.3 is 9.15 Å². The first-order valence-corrected chi connectivity index (χ1v) is 11.9. The lowest BCUT2D eigenvalue weighted by atomic mass is 10.2. The number of thiazole rings is 1. The third kappa shape index (κ3) is 3.95. The summed E-state index contributed by atoms with van der Waals surface area (Å²) in [4.78, 5) is 8.77. The lowest BCUT2D eigenvalue weighted by molar-refractivity contribution is 0.415. The van der Waals surface area contributed by atoms with Gasteiger partial charge in [-0.15, -0.1) is 0 Å². The molecule has 0 spiro atoms. The number of anilines is 1. The second kappa shape index (κ2) is 8.10. The maximum absolute atomic E-state index is 12.8. The Morgan fingerprint density at radius 1 is 0.969 bits per heavy atom. The minimum absolute atomic E-state index is 0.118. The highest BCUT2D eigenvalue weighted by molar-refractivity contribution is 7.93. The third-order valence-corrected chi connectivity index (χ3v) is 7.21. The van der Waals surface area contributed by atoms with Crippen LogP contribution in [0, 0.1) is 0 Å². The van der Waals surface area contributed by atoms with E-state index in [9.17, 15) is 8.42 Å². The fraction of sp³-hybridized carbons (Fsp3) is 0.0435. The molecule has 5 rings (SSSR count). The van der Waals surface area contributed by atoms with Crippen molar-refractivity contribution in [3.05, 3.63) is 79.0 Å². The summed E-state index contributed by atoms with van der Waals surface area (Å²) < 4.78 is 40.1. The molecule has 9 heteroatoms. The maximum atomic E-state index is 12.8. The van der Waals surface area contributed by atoms with Crippen molar-refractivity contribution in [2.75, 3.05) is 11.8 Å². The highest BCUT2D eigenvalue weighted by atomic mass is 32.2. The summed E-state index contributed by atoms with van der Waals surface area (Å²) in [5, 5.41) is 0.289. The number of benzene rings is 3. The molecule has 0 aliphatic carbocycles. The van der Waals surface area contributed by atoms with Crippen molar-refractivity contribution in [3.8, 4) is 28.5 Å². The van der Waals surface area contributed by atoms with E-state index in [-0.39, 0.29) is 10.0 Å². The monoisotopic (exact) mass is 463 g/mol. The van der Waals surface area contributed by atoms with Crippen LogP contribution in [0.3, 0.4) is 0 Å². The standard InChI is InChI=1S/C23H17N3O4S2/c1-29-17-9-12-19-21(13-17)31-23(25-19)26-32(27,28)18-10-7-16(8-11-18)22-24-14-20(30-22)15-5-3-2-4-6-15/h2-14H,1H3,(H,25,26). The van der Waals surface area contributed by atoms with Crippen molar-refractivity contribution in [3.63, 3.8) is 0 Å². The highest BCUT2D eigenvalue weighted by Gasteiger charge is 2.18. The van der Waals surface area contributed by atoms with Crippen LogP contribution in [0.2, 0.25) is 0 Å². The van der Waals surface area contributed by atoms with Gasteiger partial charge in [0.1, 0.15) is 5.75 Å². The summed E-state index contributed by atoms with van der Waals surface area (Å²) >= 11 is 1.24. The Bertz CT molecular complexity index is 1490. The zero-order valence-corrected chi connectivity index (χ0v) is 18.5. The van der Waals surface area contributed by atoms with E-state index in [0.29, 0.717) is 28.5 Å². The lowest BCUT2D eigenvalue weighted by Gasteiger charge is -2.05. The minimum atomic E-state index is -3.80. The summed E-state index contributed by atoms with van der Waals surface area (Å²) in [6.45, 7) is 0. The van der Waals surface area contributed by atoms with Gasteiger partial charge in [-0.3, -0.25) is 4.72 Å². The molecule has 0 unspecified atom stereocenters. The summed E-state index contributed by atoms with van der Waals surface area (Å²) in [6, 6.07) is 21.4. The van der Waals surface area contributed by atoms with E-state index in [0.717, 1.165) is 10.3 Å². The first-order chi connectivity index (χ1) is 15.5. The van der Waals surface area contributed by atoms with E-state index in [1.54, 1.807) is 37.6 Å². The van der Waals surface area contributed by atoms with E-state index in [1.807, 2.05) is 36.4 Å². The van der Waals surface area contributed by atoms with Gasteiger partial charge in [0, 0.05) is 11.1 Å². The highest BCUT2D eigenvalue weighted by Crippen LogP contribution is 2.31. The number of hydrogen-bond acceptors (Lipinski definition) is 7. The third-order valence-electron chi connectivity index (χ3n) is 4.79. The fourth-order valence-corrected chi connectivity index (χ4v) is 5.30. The van der Waals surface area contributed by atoms with Crippen molar-refractivity contribution < 1.29 is 17.6 Å². The number of hydrogen-bond donors (Lipinski definition) is 1. The molecule has 0 aliphatic rings. The number of aromatic nitrogens is 2. The summed E-state index contributed by atoms with van der Waals surface area (Å²) in [5.74, 6) is 1.75. The number of nitrogens with one attached hydrogen (secondary N) is 1. The number of oxazole rings is 1. The topological polar surface area (TPSA) is 94.3 Å². The van der Waals surface area contributed by atoms with Gasteiger partial charge in [0.15, 0.2) is 10.9 Å². The quantitative estimate of drug-likeness (QED) is 0.361. The SMILES string of the molecule is COc1ccc2nc(NS(=O)(=O)c3ccc(-c4ncc(-c5ccccc5)o4)cc3)sc2c1. The minimum Gasteiger partial charge on any atom is -0.497 e. The molecular weight excluding hydrogens is 446 g/mol. The van der Waals surface area contributed by atoms with E-state index in [1.165, 1.54) is 23.5 Å². The molecule has 0 bridgehead atoms. The number of fused-ring (bicyclic) bond motifs is 1. The molecular formula is C23H17N3O4S2. The molecule has 1 N–H and O–H groups in total. The van der Waals surface area contributed by atoms with Crippen LogP contribution >= 0.6 is 11.3 Å². The van der Waals surface area contributed by atoms with E-state index >= 15 is 0 Å². The van der Waals surface area contributed by atoms with Crippen LogP contribution < -0.4 is 9.46 Å².